The summed E-state index contributed by atoms with van der Waals surface area (Å²) in [6, 6.07) is 25.4. The number of aliphatic hydroxyl groups is 1. The normalized spacial score (nSPS) is 14.6. The largest absolute Gasteiger partial charge is 0.496 e. The number of methoxy groups -OCH3 is 1. The number of hydrogen-bond donors (Lipinski definition) is 8. The molecule has 2 heterocycles. The Hall–Kier alpha value is -8.26. The Labute approximate surface area is 447 Å². The van der Waals surface area contributed by atoms with Gasteiger partial charge in [-0.15, -0.1) is 0 Å². The SMILES string of the molecule is COc1ccc([C@H](O)[C@H](NC(=O)CNC(=O)[C@@H](NC(=O)CNC(=O)OCc2ccccc2)C(C)C)C(=O)NCC(=O)N[C@@H](Cc2c[nH]c3ccccc23)C(=O)N2CCC[C@H]2C(=O)OCc2ccccc2)cc1CCC(C)C. The van der Waals surface area contributed by atoms with Crippen molar-refractivity contribution in [2.75, 3.05) is 33.3 Å². The number of aromatic nitrogens is 1. The number of fused-ring (bicyclic) bond motifs is 1. The van der Waals surface area contributed by atoms with Crippen molar-refractivity contribution < 1.29 is 57.7 Å². The zero-order chi connectivity index (χ0) is 55.4. The number of nitrogens with zero attached hydrogens (tertiary/aromatic N) is 1. The zero-order valence-corrected chi connectivity index (χ0v) is 44.1. The number of amides is 7. The van der Waals surface area contributed by atoms with E-state index in [4.69, 9.17) is 14.2 Å². The van der Waals surface area contributed by atoms with Gasteiger partial charge >= 0.3 is 12.1 Å². The number of hydrogen-bond acceptors (Lipinski definition) is 12. The highest BCUT2D eigenvalue weighted by atomic mass is 16.5. The van der Waals surface area contributed by atoms with Crippen LogP contribution >= 0.6 is 0 Å². The second kappa shape index (κ2) is 28.6. The van der Waals surface area contributed by atoms with Crippen LogP contribution < -0.4 is 36.6 Å². The number of rotatable bonds is 26. The summed E-state index contributed by atoms with van der Waals surface area (Å²) in [6.45, 7) is 5.78. The third-order valence-corrected chi connectivity index (χ3v) is 13.0. The molecule has 7 amide bonds. The summed E-state index contributed by atoms with van der Waals surface area (Å²) in [5, 5.41) is 27.9. The molecule has 1 aliphatic rings. The highest BCUT2D eigenvalue weighted by molar-refractivity contribution is 5.96. The van der Waals surface area contributed by atoms with Crippen LogP contribution in [0.15, 0.2) is 109 Å². The first-order valence-electron chi connectivity index (χ1n) is 25.8. The summed E-state index contributed by atoms with van der Waals surface area (Å²) in [5.41, 5.74) is 4.03. The predicted octanol–water partition coefficient (Wildman–Crippen LogP) is 4.04. The summed E-state index contributed by atoms with van der Waals surface area (Å²) < 4.78 is 16.4. The standard InChI is InChI=1S/C57H70N8O12/c1-35(2)22-23-39-27-40(24-25-46(39)75-5)52(69)51(64-48(67)31-59-53(70)50(36(3)4)63-49(68)32-61-57(74)77-34-38-17-10-7-11-18-38)54(71)60-30-47(66)62-44(28-41-29-58-43-20-13-12-19-42(41)43)55(72)65-26-14-21-45(65)56(73)76-33-37-15-8-6-9-16-37/h6-13,15-20,24-25,27,29,35-36,44-45,50-52,58,69H,14,21-23,26,28,30-34H2,1-5H3,(H,59,70)(H,60,71)(H,61,74)(H,62,66)(H,63,68)(H,64,67)/t44-,45-,50-,51-,52-/m0/s1. The minimum atomic E-state index is -1.73. The van der Waals surface area contributed by atoms with Crippen LogP contribution in [0, 0.1) is 11.8 Å². The fourth-order valence-electron chi connectivity index (χ4n) is 8.83. The molecule has 0 saturated carbocycles. The third-order valence-electron chi connectivity index (χ3n) is 13.0. The number of aliphatic hydroxyl groups excluding tert-OH is 1. The molecule has 8 N–H and O–H groups in total. The van der Waals surface area contributed by atoms with E-state index in [1.165, 1.54) is 12.0 Å². The maximum atomic E-state index is 14.5. The van der Waals surface area contributed by atoms with Crippen molar-refractivity contribution in [2.24, 2.45) is 11.8 Å². The van der Waals surface area contributed by atoms with Crippen LogP contribution in [0.3, 0.4) is 0 Å². The molecule has 20 nitrogen and oxygen atoms in total. The smallest absolute Gasteiger partial charge is 0.407 e. The lowest BCUT2D eigenvalue weighted by atomic mass is 9.95. The first kappa shape index (κ1) is 58.0. The lowest BCUT2D eigenvalue weighted by molar-refractivity contribution is -0.155. The monoisotopic (exact) mass is 1060 g/mol. The van der Waals surface area contributed by atoms with Gasteiger partial charge in [-0.05, 0) is 83.5 Å². The van der Waals surface area contributed by atoms with Gasteiger partial charge in [0.1, 0.15) is 55.8 Å². The number of alkyl carbamates (subject to hydrolysis) is 1. The van der Waals surface area contributed by atoms with E-state index in [-0.39, 0.29) is 31.7 Å². The van der Waals surface area contributed by atoms with Crippen LogP contribution in [-0.4, -0.2) is 120 Å². The van der Waals surface area contributed by atoms with Gasteiger partial charge in [0.25, 0.3) is 0 Å². The third kappa shape index (κ3) is 17.1. The number of benzene rings is 4. The minimum absolute atomic E-state index is 0.0185. The van der Waals surface area contributed by atoms with Gasteiger partial charge in [0.05, 0.1) is 20.2 Å². The average molecular weight is 1060 g/mol. The van der Waals surface area contributed by atoms with Crippen molar-refractivity contribution in [1.82, 2.24) is 41.8 Å². The van der Waals surface area contributed by atoms with Crippen LogP contribution in [0.1, 0.15) is 80.9 Å². The van der Waals surface area contributed by atoms with Gasteiger partial charge in [-0.1, -0.05) is 113 Å². The number of aryl methyl sites for hydroxylation is 1. The molecule has 0 spiro atoms. The number of likely N-dealkylation sites (tertiary alicyclic amines) is 1. The molecule has 0 bridgehead atoms. The van der Waals surface area contributed by atoms with E-state index in [0.29, 0.717) is 36.5 Å². The molecule has 1 aliphatic heterocycles. The summed E-state index contributed by atoms with van der Waals surface area (Å²) in [4.78, 5) is 113. The van der Waals surface area contributed by atoms with Crippen molar-refractivity contribution in [1.29, 1.82) is 0 Å². The topological polar surface area (TPSA) is 276 Å². The minimum Gasteiger partial charge on any atom is -0.496 e. The molecule has 1 fully saturated rings. The Morgan fingerprint density at radius 3 is 1.91 bits per heavy atom. The van der Waals surface area contributed by atoms with E-state index < -0.39 is 103 Å². The zero-order valence-electron chi connectivity index (χ0n) is 44.1. The molecule has 4 aromatic carbocycles. The molecular weight excluding hydrogens is 989 g/mol. The molecule has 20 heteroatoms. The van der Waals surface area contributed by atoms with Gasteiger partial charge in [-0.3, -0.25) is 28.8 Å². The van der Waals surface area contributed by atoms with Gasteiger partial charge in [0, 0.05) is 30.1 Å². The number of H-pyrrole nitrogens is 1. The summed E-state index contributed by atoms with van der Waals surface area (Å²) in [6.07, 6.45) is 1.46. The maximum absolute atomic E-state index is 14.5. The van der Waals surface area contributed by atoms with Gasteiger partial charge in [0.15, 0.2) is 0 Å². The molecule has 5 atom stereocenters. The van der Waals surface area contributed by atoms with Crippen LogP contribution in [0.5, 0.6) is 5.75 Å². The highest BCUT2D eigenvalue weighted by Crippen LogP contribution is 2.28. The van der Waals surface area contributed by atoms with E-state index >= 15 is 0 Å². The second-order valence-corrected chi connectivity index (χ2v) is 19.6. The Kier molecular flexibility index (Phi) is 21.5. The maximum Gasteiger partial charge on any atom is 0.407 e. The molecule has 410 valence electrons. The van der Waals surface area contributed by atoms with E-state index in [1.807, 2.05) is 60.7 Å². The number of aromatic amines is 1. The Bertz CT molecular complexity index is 2820. The Morgan fingerprint density at radius 2 is 1.27 bits per heavy atom. The predicted molar refractivity (Wildman–Crippen MR) is 285 cm³/mol. The van der Waals surface area contributed by atoms with Crippen molar-refractivity contribution >= 4 is 58.4 Å². The number of para-hydroxylation sites is 1. The first-order chi connectivity index (χ1) is 37.0. The van der Waals surface area contributed by atoms with Gasteiger partial charge < -0.3 is 61.1 Å². The first-order valence-corrected chi connectivity index (χ1v) is 25.8. The van der Waals surface area contributed by atoms with Crippen molar-refractivity contribution in [2.45, 2.75) is 103 Å². The van der Waals surface area contributed by atoms with Crippen molar-refractivity contribution in [3.63, 3.8) is 0 Å². The van der Waals surface area contributed by atoms with Gasteiger partial charge in [0.2, 0.25) is 35.4 Å². The molecule has 0 aliphatic carbocycles. The van der Waals surface area contributed by atoms with E-state index in [9.17, 15) is 43.5 Å². The summed E-state index contributed by atoms with van der Waals surface area (Å²) >= 11 is 0. The van der Waals surface area contributed by atoms with Crippen LogP contribution in [0.25, 0.3) is 10.9 Å². The van der Waals surface area contributed by atoms with E-state index in [1.54, 1.807) is 62.5 Å². The lowest BCUT2D eigenvalue weighted by Crippen LogP contribution is -2.57. The summed E-state index contributed by atoms with van der Waals surface area (Å²) in [7, 11) is 1.51. The van der Waals surface area contributed by atoms with Crippen LogP contribution in [0.4, 0.5) is 4.79 Å². The number of carbonyl (C=O) groups excluding carboxylic acids is 8. The average Bonchev–Trinajstić information content (AvgIpc) is 4.11. The number of carbonyl (C=O) groups is 8. The fourth-order valence-corrected chi connectivity index (χ4v) is 8.83. The second-order valence-electron chi connectivity index (χ2n) is 19.6. The number of esters is 1. The molecule has 0 unspecified atom stereocenters. The van der Waals surface area contributed by atoms with Gasteiger partial charge in [-0.25, -0.2) is 9.59 Å². The molecule has 1 aromatic heterocycles. The fraction of sp³-hybridized carbons (Fsp3) is 0.404. The molecule has 5 aromatic rings. The lowest BCUT2D eigenvalue weighted by Gasteiger charge is -2.28. The number of ether oxygens (including phenoxy) is 3. The molecule has 6 rings (SSSR count). The van der Waals surface area contributed by atoms with Crippen LogP contribution in [0.2, 0.25) is 0 Å². The molecule has 0 radical (unpaired) electrons. The van der Waals surface area contributed by atoms with Crippen molar-refractivity contribution in [3.8, 4) is 5.75 Å². The summed E-state index contributed by atoms with van der Waals surface area (Å²) in [5.74, 6) is -4.82. The Morgan fingerprint density at radius 1 is 0.688 bits per heavy atom. The molecule has 1 saturated heterocycles. The van der Waals surface area contributed by atoms with Crippen molar-refractivity contribution in [3.05, 3.63) is 137 Å². The van der Waals surface area contributed by atoms with Crippen LogP contribution in [-0.2, 0) is 69.1 Å². The Balaban J connectivity index is 1.14. The molecular formula is C57H70N8O12. The molecule has 77 heavy (non-hydrogen) atoms. The van der Waals surface area contributed by atoms with E-state index in [0.717, 1.165) is 34.0 Å². The highest BCUT2D eigenvalue weighted by Gasteiger charge is 2.39. The number of nitrogens with one attached hydrogen (secondary N) is 7. The van der Waals surface area contributed by atoms with E-state index in [2.05, 4.69) is 50.7 Å². The quantitative estimate of drug-likeness (QED) is 0.0365. The van der Waals surface area contributed by atoms with Gasteiger partial charge in [-0.2, -0.15) is 0 Å².